The van der Waals surface area contributed by atoms with Crippen molar-refractivity contribution in [1.29, 1.82) is 0 Å². The lowest BCUT2D eigenvalue weighted by Crippen LogP contribution is -2.10. The van der Waals surface area contributed by atoms with Crippen LogP contribution in [0.1, 0.15) is 38.8 Å². The van der Waals surface area contributed by atoms with E-state index in [0.717, 1.165) is 11.1 Å². The van der Waals surface area contributed by atoms with E-state index in [0.29, 0.717) is 23.3 Å². The molecule has 0 amide bonds. The zero-order valence-electron chi connectivity index (χ0n) is 15.7. The second-order valence-electron chi connectivity index (χ2n) is 7.88. The Morgan fingerprint density at radius 2 is 1.77 bits per heavy atom. The zero-order chi connectivity index (χ0) is 19.1. The third-order valence-corrected chi connectivity index (χ3v) is 4.48. The first kappa shape index (κ1) is 18.0. The molecule has 0 saturated carbocycles. The van der Waals surface area contributed by atoms with Crippen molar-refractivity contribution in [3.63, 3.8) is 0 Å². The summed E-state index contributed by atoms with van der Waals surface area (Å²) >= 11 is 0. The molecule has 0 bridgehead atoms. The van der Waals surface area contributed by atoms with E-state index in [-0.39, 0.29) is 22.0 Å². The minimum Gasteiger partial charge on any atom is -0.507 e. The lowest BCUT2D eigenvalue weighted by Gasteiger charge is -2.19. The number of hydrogen-bond donors (Lipinski definition) is 1. The minimum absolute atomic E-state index is 0.0196. The van der Waals surface area contributed by atoms with E-state index in [2.05, 4.69) is 27.4 Å². The normalized spacial score (nSPS) is 11.7. The standard InChI is InChI=1S/C23H24O3/c1-14(2)12-16-8-11-19-21(22(16)25)18(24)13-20(26-19)15-6-9-17(10-7-15)23(3,4)5/h6-11,13,25H,1,12H2,2-5H3. The van der Waals surface area contributed by atoms with Crippen LogP contribution < -0.4 is 5.43 Å². The van der Waals surface area contributed by atoms with Crippen molar-refractivity contribution in [2.45, 2.75) is 39.5 Å². The minimum atomic E-state index is -0.248. The third-order valence-electron chi connectivity index (χ3n) is 4.48. The van der Waals surface area contributed by atoms with E-state index in [9.17, 15) is 9.90 Å². The van der Waals surface area contributed by atoms with E-state index in [4.69, 9.17) is 4.42 Å². The average molecular weight is 348 g/mol. The molecule has 134 valence electrons. The van der Waals surface area contributed by atoms with Crippen LogP contribution in [0.5, 0.6) is 5.75 Å². The van der Waals surface area contributed by atoms with Gasteiger partial charge in [0.1, 0.15) is 22.5 Å². The lowest BCUT2D eigenvalue weighted by atomic mass is 9.86. The van der Waals surface area contributed by atoms with E-state index in [1.165, 1.54) is 11.6 Å². The maximum Gasteiger partial charge on any atom is 0.197 e. The summed E-state index contributed by atoms with van der Waals surface area (Å²) in [5, 5.41) is 10.7. The van der Waals surface area contributed by atoms with Gasteiger partial charge < -0.3 is 9.52 Å². The molecule has 0 aliphatic carbocycles. The smallest absolute Gasteiger partial charge is 0.197 e. The van der Waals surface area contributed by atoms with Gasteiger partial charge in [-0.05, 0) is 36.0 Å². The molecule has 0 saturated heterocycles. The second-order valence-corrected chi connectivity index (χ2v) is 7.88. The quantitative estimate of drug-likeness (QED) is 0.628. The maximum atomic E-state index is 12.6. The van der Waals surface area contributed by atoms with Gasteiger partial charge in [0, 0.05) is 11.6 Å². The van der Waals surface area contributed by atoms with Gasteiger partial charge in [-0.1, -0.05) is 63.3 Å². The van der Waals surface area contributed by atoms with Gasteiger partial charge in [-0.2, -0.15) is 0 Å². The first-order valence-corrected chi connectivity index (χ1v) is 8.71. The molecule has 2 aromatic carbocycles. The molecule has 0 aliphatic heterocycles. The van der Waals surface area contributed by atoms with E-state index in [1.54, 1.807) is 12.1 Å². The Kier molecular flexibility index (Phi) is 4.49. The maximum absolute atomic E-state index is 12.6. The van der Waals surface area contributed by atoms with Crippen LogP contribution in [-0.2, 0) is 11.8 Å². The Morgan fingerprint density at radius 1 is 1.12 bits per heavy atom. The monoisotopic (exact) mass is 348 g/mol. The van der Waals surface area contributed by atoms with Gasteiger partial charge in [0.25, 0.3) is 0 Å². The Morgan fingerprint density at radius 3 is 2.35 bits per heavy atom. The third kappa shape index (κ3) is 3.43. The number of aromatic hydroxyl groups is 1. The van der Waals surface area contributed by atoms with Crippen molar-refractivity contribution >= 4 is 11.0 Å². The van der Waals surface area contributed by atoms with Crippen LogP contribution in [-0.4, -0.2) is 5.11 Å². The fourth-order valence-corrected chi connectivity index (χ4v) is 3.02. The molecule has 3 nitrogen and oxygen atoms in total. The van der Waals surface area contributed by atoms with Gasteiger partial charge in [0.2, 0.25) is 0 Å². The van der Waals surface area contributed by atoms with Crippen LogP contribution in [0.4, 0.5) is 0 Å². The Hall–Kier alpha value is -2.81. The highest BCUT2D eigenvalue weighted by molar-refractivity contribution is 5.86. The highest BCUT2D eigenvalue weighted by Crippen LogP contribution is 2.31. The van der Waals surface area contributed by atoms with Gasteiger partial charge in [-0.15, -0.1) is 0 Å². The van der Waals surface area contributed by atoms with Crippen LogP contribution in [0.3, 0.4) is 0 Å². The van der Waals surface area contributed by atoms with E-state index in [1.807, 2.05) is 31.2 Å². The predicted octanol–water partition coefficient (Wildman–Crippen LogP) is 5.58. The SMILES string of the molecule is C=C(C)Cc1ccc2oc(-c3ccc(C(C)(C)C)cc3)cc(=O)c2c1O. The molecular weight excluding hydrogens is 324 g/mol. The largest absolute Gasteiger partial charge is 0.507 e. The first-order chi connectivity index (χ1) is 12.2. The number of allylic oxidation sites excluding steroid dienone is 1. The number of benzene rings is 2. The molecule has 3 rings (SSSR count). The van der Waals surface area contributed by atoms with Crippen molar-refractivity contribution in [3.05, 3.63) is 76.0 Å². The molecule has 0 atom stereocenters. The number of hydrogen-bond acceptors (Lipinski definition) is 3. The fourth-order valence-electron chi connectivity index (χ4n) is 3.02. The zero-order valence-corrected chi connectivity index (χ0v) is 15.7. The number of rotatable bonds is 3. The molecule has 0 aliphatic rings. The second kappa shape index (κ2) is 6.49. The summed E-state index contributed by atoms with van der Waals surface area (Å²) in [5.74, 6) is 0.476. The van der Waals surface area contributed by atoms with Crippen LogP contribution in [0.15, 0.2) is 63.8 Å². The summed E-state index contributed by atoms with van der Waals surface area (Å²) in [5.41, 5.74) is 3.85. The molecule has 3 aromatic rings. The average Bonchev–Trinajstić information content (AvgIpc) is 2.56. The molecule has 26 heavy (non-hydrogen) atoms. The van der Waals surface area contributed by atoms with Crippen LogP contribution in [0, 0.1) is 0 Å². The molecule has 0 radical (unpaired) electrons. The number of phenols is 1. The predicted molar refractivity (Wildman–Crippen MR) is 107 cm³/mol. The van der Waals surface area contributed by atoms with Crippen molar-refractivity contribution in [3.8, 4) is 17.1 Å². The van der Waals surface area contributed by atoms with Crippen molar-refractivity contribution in [2.24, 2.45) is 0 Å². The van der Waals surface area contributed by atoms with Gasteiger partial charge in [0.15, 0.2) is 5.43 Å². The molecule has 3 heteroatoms. The summed E-state index contributed by atoms with van der Waals surface area (Å²) < 4.78 is 5.91. The highest BCUT2D eigenvalue weighted by Gasteiger charge is 2.16. The Bertz CT molecular complexity index is 1030. The van der Waals surface area contributed by atoms with E-state index >= 15 is 0 Å². The molecule has 0 unspecified atom stereocenters. The van der Waals surface area contributed by atoms with Crippen molar-refractivity contribution < 1.29 is 9.52 Å². The molecule has 0 spiro atoms. The van der Waals surface area contributed by atoms with Gasteiger partial charge >= 0.3 is 0 Å². The Balaban J connectivity index is 2.10. The van der Waals surface area contributed by atoms with E-state index < -0.39 is 0 Å². The fraction of sp³-hybridized carbons (Fsp3) is 0.261. The molecule has 0 fully saturated rings. The van der Waals surface area contributed by atoms with Gasteiger partial charge in [0.05, 0.1) is 0 Å². The van der Waals surface area contributed by atoms with Crippen molar-refractivity contribution in [2.75, 3.05) is 0 Å². The van der Waals surface area contributed by atoms with Crippen LogP contribution in [0.25, 0.3) is 22.3 Å². The van der Waals surface area contributed by atoms with Crippen molar-refractivity contribution in [1.82, 2.24) is 0 Å². The molecule has 1 N–H and O–H groups in total. The first-order valence-electron chi connectivity index (χ1n) is 8.71. The lowest BCUT2D eigenvalue weighted by molar-refractivity contribution is 0.474. The summed E-state index contributed by atoms with van der Waals surface area (Å²) in [6.07, 6.45) is 0.525. The van der Waals surface area contributed by atoms with Crippen LogP contribution >= 0.6 is 0 Å². The number of phenolic OH excluding ortho intramolecular Hbond substituents is 1. The summed E-state index contributed by atoms with van der Waals surface area (Å²) in [6, 6.07) is 13.0. The number of fused-ring (bicyclic) bond motifs is 1. The van der Waals surface area contributed by atoms with Gasteiger partial charge in [-0.3, -0.25) is 4.79 Å². The van der Waals surface area contributed by atoms with Crippen LogP contribution in [0.2, 0.25) is 0 Å². The molecular formula is C23H24O3. The summed E-state index contributed by atoms with van der Waals surface area (Å²) in [4.78, 5) is 12.6. The molecule has 1 aromatic heterocycles. The summed E-state index contributed by atoms with van der Waals surface area (Å²) in [7, 11) is 0. The molecule has 1 heterocycles. The highest BCUT2D eigenvalue weighted by atomic mass is 16.3. The topological polar surface area (TPSA) is 50.4 Å². The Labute approximate surface area is 153 Å². The summed E-state index contributed by atoms with van der Waals surface area (Å²) in [6.45, 7) is 12.2. The van der Waals surface area contributed by atoms with Gasteiger partial charge in [-0.25, -0.2) is 0 Å².